The molecule has 0 amide bonds. The molecule has 6 nitrogen and oxygen atoms in total. The van der Waals surface area contributed by atoms with Crippen LogP contribution < -0.4 is 10.2 Å². The van der Waals surface area contributed by atoms with Gasteiger partial charge in [0.1, 0.15) is 11.6 Å². The van der Waals surface area contributed by atoms with Gasteiger partial charge in [0.2, 0.25) is 0 Å². The maximum absolute atomic E-state index is 4.94. The fraction of sp³-hybridized carbons (Fsp3) is 0.556. The molecule has 126 valence electrons. The van der Waals surface area contributed by atoms with Crippen molar-refractivity contribution in [1.29, 1.82) is 0 Å². The fourth-order valence-corrected chi connectivity index (χ4v) is 3.29. The van der Waals surface area contributed by atoms with E-state index >= 15 is 0 Å². The van der Waals surface area contributed by atoms with Crippen molar-refractivity contribution in [3.63, 3.8) is 0 Å². The third-order valence-corrected chi connectivity index (χ3v) is 4.75. The standard InChI is InChI=1S/C18H24N6/c1-24(12-14-11-20-8-9-21-14)18-15-4-6-19-7-5-16(15)22-17(23-18)10-13-2-3-13/h8-9,11,13,19H,2-7,10,12H2,1H3. The van der Waals surface area contributed by atoms with E-state index in [1.165, 1.54) is 24.1 Å². The van der Waals surface area contributed by atoms with Crippen molar-refractivity contribution < 1.29 is 0 Å². The van der Waals surface area contributed by atoms with Gasteiger partial charge in [-0.25, -0.2) is 9.97 Å². The summed E-state index contributed by atoms with van der Waals surface area (Å²) in [5, 5.41) is 3.47. The molecule has 6 heteroatoms. The number of nitrogens with zero attached hydrogens (tertiary/aromatic N) is 5. The summed E-state index contributed by atoms with van der Waals surface area (Å²) in [6.45, 7) is 2.71. The highest BCUT2D eigenvalue weighted by molar-refractivity contribution is 5.50. The average Bonchev–Trinajstić information content (AvgIpc) is 3.42. The first-order valence-corrected chi connectivity index (χ1v) is 8.85. The summed E-state index contributed by atoms with van der Waals surface area (Å²) in [6.07, 6.45) is 10.9. The molecule has 0 spiro atoms. The van der Waals surface area contributed by atoms with Crippen molar-refractivity contribution >= 4 is 5.82 Å². The minimum absolute atomic E-state index is 0.716. The Bertz CT molecular complexity index is 698. The van der Waals surface area contributed by atoms with E-state index < -0.39 is 0 Å². The summed E-state index contributed by atoms with van der Waals surface area (Å²) in [7, 11) is 2.09. The zero-order chi connectivity index (χ0) is 16.4. The Morgan fingerprint density at radius 2 is 2.04 bits per heavy atom. The predicted molar refractivity (Wildman–Crippen MR) is 92.9 cm³/mol. The van der Waals surface area contributed by atoms with Crippen molar-refractivity contribution in [1.82, 2.24) is 25.3 Å². The number of anilines is 1. The molecule has 1 aliphatic heterocycles. The number of aromatic nitrogens is 4. The van der Waals surface area contributed by atoms with Gasteiger partial charge >= 0.3 is 0 Å². The summed E-state index contributed by atoms with van der Waals surface area (Å²) in [4.78, 5) is 20.6. The molecule has 1 saturated carbocycles. The monoisotopic (exact) mass is 324 g/mol. The predicted octanol–water partition coefficient (Wildman–Crippen LogP) is 1.54. The van der Waals surface area contributed by atoms with E-state index in [1.54, 1.807) is 12.4 Å². The third-order valence-electron chi connectivity index (χ3n) is 4.75. The lowest BCUT2D eigenvalue weighted by atomic mass is 10.1. The zero-order valence-corrected chi connectivity index (χ0v) is 14.2. The Hall–Kier alpha value is -2.08. The Kier molecular flexibility index (Phi) is 4.38. The third kappa shape index (κ3) is 3.53. The normalized spacial score (nSPS) is 17.2. The number of rotatable bonds is 5. The van der Waals surface area contributed by atoms with Crippen LogP contribution in [0.2, 0.25) is 0 Å². The molecule has 4 rings (SSSR count). The van der Waals surface area contributed by atoms with Crippen molar-refractivity contribution in [2.75, 3.05) is 25.0 Å². The van der Waals surface area contributed by atoms with Gasteiger partial charge in [-0.1, -0.05) is 0 Å². The molecular weight excluding hydrogens is 300 g/mol. The molecule has 24 heavy (non-hydrogen) atoms. The van der Waals surface area contributed by atoms with Crippen LogP contribution in [0.3, 0.4) is 0 Å². The van der Waals surface area contributed by atoms with Crippen LogP contribution in [-0.4, -0.2) is 40.1 Å². The lowest BCUT2D eigenvalue weighted by Gasteiger charge is -2.22. The van der Waals surface area contributed by atoms with Crippen LogP contribution in [0.15, 0.2) is 18.6 Å². The molecule has 0 unspecified atom stereocenters. The summed E-state index contributed by atoms with van der Waals surface area (Å²) in [6, 6.07) is 0. The molecule has 2 aliphatic rings. The Morgan fingerprint density at radius 1 is 1.17 bits per heavy atom. The summed E-state index contributed by atoms with van der Waals surface area (Å²) >= 11 is 0. The maximum atomic E-state index is 4.94. The largest absolute Gasteiger partial charge is 0.353 e. The first kappa shape index (κ1) is 15.4. The van der Waals surface area contributed by atoms with Crippen molar-refractivity contribution in [3.8, 4) is 0 Å². The van der Waals surface area contributed by atoms with Gasteiger partial charge in [-0.15, -0.1) is 0 Å². The Labute approximate surface area is 142 Å². The molecule has 0 bridgehead atoms. The average molecular weight is 324 g/mol. The quantitative estimate of drug-likeness (QED) is 0.900. The molecule has 1 aliphatic carbocycles. The minimum atomic E-state index is 0.716. The van der Waals surface area contributed by atoms with Crippen LogP contribution in [0, 0.1) is 5.92 Å². The molecule has 1 fully saturated rings. The van der Waals surface area contributed by atoms with Gasteiger partial charge in [0, 0.05) is 44.4 Å². The SMILES string of the molecule is CN(Cc1cnccn1)c1nc(CC2CC2)nc2c1CCNCC2. The van der Waals surface area contributed by atoms with Gasteiger partial charge in [0.05, 0.1) is 24.1 Å². The fourth-order valence-electron chi connectivity index (χ4n) is 3.29. The van der Waals surface area contributed by atoms with Gasteiger partial charge in [-0.05, 0) is 31.7 Å². The molecule has 2 aromatic heterocycles. The molecule has 0 atom stereocenters. The first-order valence-electron chi connectivity index (χ1n) is 8.85. The minimum Gasteiger partial charge on any atom is -0.353 e. The number of hydrogen-bond acceptors (Lipinski definition) is 6. The first-order chi connectivity index (χ1) is 11.8. The Morgan fingerprint density at radius 3 is 2.83 bits per heavy atom. The second kappa shape index (κ2) is 6.81. The highest BCUT2D eigenvalue weighted by atomic mass is 15.2. The lowest BCUT2D eigenvalue weighted by Crippen LogP contribution is -2.23. The highest BCUT2D eigenvalue weighted by Crippen LogP contribution is 2.33. The molecule has 0 saturated heterocycles. The molecule has 0 aromatic carbocycles. The second-order valence-electron chi connectivity index (χ2n) is 6.84. The zero-order valence-electron chi connectivity index (χ0n) is 14.2. The van der Waals surface area contributed by atoms with Crippen molar-refractivity contribution in [3.05, 3.63) is 41.4 Å². The molecule has 0 radical (unpaired) electrons. The van der Waals surface area contributed by atoms with E-state index in [2.05, 4.69) is 27.2 Å². The van der Waals surface area contributed by atoms with E-state index in [0.29, 0.717) is 6.54 Å². The second-order valence-corrected chi connectivity index (χ2v) is 6.84. The van der Waals surface area contributed by atoms with Crippen LogP contribution in [0.4, 0.5) is 5.82 Å². The van der Waals surface area contributed by atoms with E-state index in [-0.39, 0.29) is 0 Å². The van der Waals surface area contributed by atoms with Crippen molar-refractivity contribution in [2.45, 2.75) is 38.6 Å². The van der Waals surface area contributed by atoms with Crippen LogP contribution in [-0.2, 0) is 25.8 Å². The summed E-state index contributed by atoms with van der Waals surface area (Å²) in [5.41, 5.74) is 3.49. The highest BCUT2D eigenvalue weighted by Gasteiger charge is 2.25. The summed E-state index contributed by atoms with van der Waals surface area (Å²) < 4.78 is 0. The van der Waals surface area contributed by atoms with Gasteiger partial charge in [0.15, 0.2) is 0 Å². The molecular formula is C18H24N6. The number of hydrogen-bond donors (Lipinski definition) is 1. The van der Waals surface area contributed by atoms with Gasteiger partial charge in [-0.3, -0.25) is 9.97 Å². The van der Waals surface area contributed by atoms with Crippen LogP contribution in [0.5, 0.6) is 0 Å². The molecule has 3 heterocycles. The van der Waals surface area contributed by atoms with E-state index in [4.69, 9.17) is 9.97 Å². The van der Waals surface area contributed by atoms with Crippen LogP contribution in [0.1, 0.15) is 35.6 Å². The molecule has 1 N–H and O–H groups in total. The molecule has 2 aromatic rings. The smallest absolute Gasteiger partial charge is 0.135 e. The van der Waals surface area contributed by atoms with E-state index in [0.717, 1.165) is 55.6 Å². The van der Waals surface area contributed by atoms with Crippen LogP contribution in [0.25, 0.3) is 0 Å². The number of nitrogens with one attached hydrogen (secondary N) is 1. The van der Waals surface area contributed by atoms with Gasteiger partial charge in [0.25, 0.3) is 0 Å². The summed E-state index contributed by atoms with van der Waals surface area (Å²) in [5.74, 6) is 2.88. The topological polar surface area (TPSA) is 66.8 Å². The lowest BCUT2D eigenvalue weighted by molar-refractivity contribution is 0.706. The van der Waals surface area contributed by atoms with Crippen molar-refractivity contribution in [2.24, 2.45) is 5.92 Å². The maximum Gasteiger partial charge on any atom is 0.135 e. The van der Waals surface area contributed by atoms with E-state index in [1.807, 2.05) is 6.20 Å². The van der Waals surface area contributed by atoms with Gasteiger partial charge < -0.3 is 10.2 Å². The van der Waals surface area contributed by atoms with Crippen LogP contribution >= 0.6 is 0 Å². The van der Waals surface area contributed by atoms with Gasteiger partial charge in [-0.2, -0.15) is 0 Å². The Balaban J connectivity index is 1.65. The number of fused-ring (bicyclic) bond motifs is 1. The van der Waals surface area contributed by atoms with E-state index in [9.17, 15) is 0 Å².